The predicted molar refractivity (Wildman–Crippen MR) is 55.3 cm³/mol. The zero-order valence-corrected chi connectivity index (χ0v) is 9.09. The van der Waals surface area contributed by atoms with Crippen LogP contribution in [0.5, 0.6) is 0 Å². The fourth-order valence-electron chi connectivity index (χ4n) is 3.25. The molecule has 2 bridgehead atoms. The third-order valence-corrected chi connectivity index (χ3v) is 4.03. The quantitative estimate of drug-likeness (QED) is 0.753. The summed E-state index contributed by atoms with van der Waals surface area (Å²) in [5.41, 5.74) is -0.382. The summed E-state index contributed by atoms with van der Waals surface area (Å²) in [6, 6.07) is 0. The lowest BCUT2D eigenvalue weighted by atomic mass is 9.82. The Morgan fingerprint density at radius 3 is 2.50 bits per heavy atom. The van der Waals surface area contributed by atoms with Crippen LogP contribution in [0.3, 0.4) is 0 Å². The number of carboxylic acid groups (broad SMARTS) is 1. The van der Waals surface area contributed by atoms with Crippen LogP contribution in [0.25, 0.3) is 0 Å². The van der Waals surface area contributed by atoms with Gasteiger partial charge >= 0.3 is 5.97 Å². The maximum absolute atomic E-state index is 13.9. The van der Waals surface area contributed by atoms with Crippen molar-refractivity contribution in [2.45, 2.75) is 38.0 Å². The number of halogens is 2. The molecule has 0 heterocycles. The molecule has 0 saturated heterocycles. The van der Waals surface area contributed by atoms with E-state index in [0.29, 0.717) is 12.3 Å². The van der Waals surface area contributed by atoms with Crippen molar-refractivity contribution in [1.82, 2.24) is 0 Å². The van der Waals surface area contributed by atoms with Crippen molar-refractivity contribution < 1.29 is 18.7 Å². The highest BCUT2D eigenvalue weighted by Gasteiger charge is 2.52. The van der Waals surface area contributed by atoms with Gasteiger partial charge < -0.3 is 5.11 Å². The van der Waals surface area contributed by atoms with E-state index in [1.807, 2.05) is 0 Å². The van der Waals surface area contributed by atoms with Gasteiger partial charge in [0.15, 0.2) is 0 Å². The van der Waals surface area contributed by atoms with Gasteiger partial charge in [-0.2, -0.15) is 0 Å². The maximum atomic E-state index is 13.9. The zero-order chi connectivity index (χ0) is 11.9. The van der Waals surface area contributed by atoms with E-state index in [9.17, 15) is 13.6 Å². The Hall–Kier alpha value is -0.930. The Bertz CT molecular complexity index is 325. The molecule has 1 N–H and O–H groups in total. The molecule has 4 heteroatoms. The third kappa shape index (κ3) is 1.97. The first kappa shape index (κ1) is 11.6. The number of rotatable bonds is 4. The monoisotopic (exact) mass is 230 g/mol. The molecule has 90 valence electrons. The van der Waals surface area contributed by atoms with Gasteiger partial charge in [0.25, 0.3) is 5.92 Å². The molecular weight excluding hydrogens is 214 g/mol. The molecule has 0 aliphatic heterocycles. The second kappa shape index (κ2) is 3.82. The number of hydrogen-bond acceptors (Lipinski definition) is 1. The highest BCUT2D eigenvalue weighted by atomic mass is 19.3. The topological polar surface area (TPSA) is 37.3 Å². The first-order valence-electron chi connectivity index (χ1n) is 5.69. The lowest BCUT2D eigenvalue weighted by molar-refractivity contribution is -0.135. The minimum absolute atomic E-state index is 0.0987. The van der Waals surface area contributed by atoms with Gasteiger partial charge in [-0.25, -0.2) is 13.6 Å². The van der Waals surface area contributed by atoms with Gasteiger partial charge in [-0.1, -0.05) is 13.0 Å². The fraction of sp³-hybridized carbons (Fsp3) is 0.750. The molecule has 2 aliphatic carbocycles. The van der Waals surface area contributed by atoms with Crippen molar-refractivity contribution >= 4 is 5.97 Å². The molecular formula is C12H16F2O2. The first-order chi connectivity index (χ1) is 7.40. The first-order valence-corrected chi connectivity index (χ1v) is 5.69. The summed E-state index contributed by atoms with van der Waals surface area (Å²) in [4.78, 5) is 10.5. The van der Waals surface area contributed by atoms with Gasteiger partial charge in [0.2, 0.25) is 0 Å². The standard InChI is InChI=1S/C12H16F2O2/c1-7(11(15)16)6-12(13,14)10-5-8-2-3-9(10)4-8/h8-10H,1-6H2,(H,15,16). The molecule has 2 saturated carbocycles. The third-order valence-electron chi connectivity index (χ3n) is 4.03. The fourth-order valence-corrected chi connectivity index (χ4v) is 3.25. The molecule has 2 aliphatic rings. The van der Waals surface area contributed by atoms with Gasteiger partial charge in [-0.05, 0) is 31.1 Å². The Labute approximate surface area is 93.3 Å². The van der Waals surface area contributed by atoms with Gasteiger partial charge in [-0.15, -0.1) is 0 Å². The molecule has 0 radical (unpaired) electrons. The average Bonchev–Trinajstić information content (AvgIpc) is 2.77. The van der Waals surface area contributed by atoms with Gasteiger partial charge in [0.05, 0.1) is 0 Å². The van der Waals surface area contributed by atoms with Crippen LogP contribution in [0.4, 0.5) is 8.78 Å². The second-order valence-corrected chi connectivity index (χ2v) is 5.13. The highest BCUT2D eigenvalue weighted by Crippen LogP contribution is 2.54. The van der Waals surface area contributed by atoms with E-state index in [2.05, 4.69) is 6.58 Å². The molecule has 2 nitrogen and oxygen atoms in total. The molecule has 2 fully saturated rings. The number of hydrogen-bond donors (Lipinski definition) is 1. The second-order valence-electron chi connectivity index (χ2n) is 5.13. The summed E-state index contributed by atoms with van der Waals surface area (Å²) in [6.45, 7) is 3.19. The summed E-state index contributed by atoms with van der Waals surface area (Å²) in [7, 11) is 0. The molecule has 0 amide bonds. The molecule has 3 unspecified atom stereocenters. The van der Waals surface area contributed by atoms with E-state index in [4.69, 9.17) is 5.11 Å². The number of aliphatic carboxylic acids is 1. The normalized spacial score (nSPS) is 33.0. The smallest absolute Gasteiger partial charge is 0.331 e. The van der Waals surface area contributed by atoms with Crippen LogP contribution in [0.15, 0.2) is 12.2 Å². The van der Waals surface area contributed by atoms with Crippen LogP contribution in [-0.2, 0) is 4.79 Å². The molecule has 0 aromatic rings. The Morgan fingerprint density at radius 2 is 2.06 bits per heavy atom. The number of fused-ring (bicyclic) bond motifs is 2. The van der Waals surface area contributed by atoms with Crippen molar-refractivity contribution in [3.05, 3.63) is 12.2 Å². The largest absolute Gasteiger partial charge is 0.478 e. The van der Waals surface area contributed by atoms with E-state index in [1.165, 1.54) is 0 Å². The molecule has 16 heavy (non-hydrogen) atoms. The van der Waals surface area contributed by atoms with E-state index >= 15 is 0 Å². The van der Waals surface area contributed by atoms with Crippen molar-refractivity contribution in [3.8, 4) is 0 Å². The van der Waals surface area contributed by atoms with Crippen LogP contribution in [0, 0.1) is 17.8 Å². The number of carboxylic acids is 1. The SMILES string of the molecule is C=C(CC(F)(F)C1CC2CCC1C2)C(=O)O. The van der Waals surface area contributed by atoms with E-state index in [1.54, 1.807) is 0 Å². The van der Waals surface area contributed by atoms with E-state index in [0.717, 1.165) is 19.3 Å². The summed E-state index contributed by atoms with van der Waals surface area (Å²) in [5, 5.41) is 8.59. The van der Waals surface area contributed by atoms with Crippen molar-refractivity contribution in [2.24, 2.45) is 17.8 Å². The summed E-state index contributed by atoms with van der Waals surface area (Å²) < 4.78 is 27.7. The predicted octanol–water partition coefficient (Wildman–Crippen LogP) is 3.09. The minimum atomic E-state index is -2.89. The van der Waals surface area contributed by atoms with Gasteiger partial charge in [-0.3, -0.25) is 0 Å². The van der Waals surface area contributed by atoms with E-state index < -0.39 is 24.2 Å². The Morgan fingerprint density at radius 1 is 1.38 bits per heavy atom. The summed E-state index contributed by atoms with van der Waals surface area (Å²) >= 11 is 0. The number of alkyl halides is 2. The van der Waals surface area contributed by atoms with Crippen LogP contribution >= 0.6 is 0 Å². The number of carbonyl (C=O) groups is 1. The zero-order valence-electron chi connectivity index (χ0n) is 9.09. The van der Waals surface area contributed by atoms with Crippen LogP contribution in [0.2, 0.25) is 0 Å². The van der Waals surface area contributed by atoms with Crippen molar-refractivity contribution in [2.75, 3.05) is 0 Å². The summed E-state index contributed by atoms with van der Waals surface area (Å²) in [5.74, 6) is -4.29. The van der Waals surface area contributed by atoms with Gasteiger partial charge in [0.1, 0.15) is 0 Å². The minimum Gasteiger partial charge on any atom is -0.478 e. The van der Waals surface area contributed by atoms with Crippen LogP contribution in [0.1, 0.15) is 32.1 Å². The maximum Gasteiger partial charge on any atom is 0.331 e. The lowest BCUT2D eigenvalue weighted by Crippen LogP contribution is -2.33. The van der Waals surface area contributed by atoms with Crippen molar-refractivity contribution in [1.29, 1.82) is 0 Å². The van der Waals surface area contributed by atoms with Crippen LogP contribution < -0.4 is 0 Å². The van der Waals surface area contributed by atoms with Gasteiger partial charge in [0, 0.05) is 17.9 Å². The molecule has 0 aromatic carbocycles. The average molecular weight is 230 g/mol. The van der Waals surface area contributed by atoms with Crippen molar-refractivity contribution in [3.63, 3.8) is 0 Å². The van der Waals surface area contributed by atoms with Crippen LogP contribution in [-0.4, -0.2) is 17.0 Å². The lowest BCUT2D eigenvalue weighted by Gasteiger charge is -2.30. The van der Waals surface area contributed by atoms with E-state index in [-0.39, 0.29) is 11.5 Å². The Balaban J connectivity index is 2.02. The Kier molecular flexibility index (Phi) is 2.76. The molecule has 0 spiro atoms. The molecule has 2 rings (SSSR count). The summed E-state index contributed by atoms with van der Waals surface area (Å²) in [6.07, 6.45) is 2.71. The molecule has 0 aromatic heterocycles. The molecule has 3 atom stereocenters. The highest BCUT2D eigenvalue weighted by molar-refractivity contribution is 5.85.